The lowest BCUT2D eigenvalue weighted by Gasteiger charge is -2.05. The molecule has 0 heteroatoms. The summed E-state index contributed by atoms with van der Waals surface area (Å²) in [6, 6.07) is 9.94. The molecule has 0 N–H and O–H groups in total. The minimum atomic E-state index is 0.877. The second-order valence-corrected chi connectivity index (χ2v) is 4.09. The van der Waals surface area contributed by atoms with Crippen LogP contribution in [0.2, 0.25) is 0 Å². The van der Waals surface area contributed by atoms with E-state index in [2.05, 4.69) is 24.3 Å². The van der Waals surface area contributed by atoms with E-state index in [-0.39, 0.29) is 0 Å². The van der Waals surface area contributed by atoms with Gasteiger partial charge in [0.1, 0.15) is 0 Å². The first-order chi connectivity index (χ1) is 5.95. The maximum Gasteiger partial charge on any atom is -0.0143 e. The van der Waals surface area contributed by atoms with Crippen LogP contribution in [0.3, 0.4) is 0 Å². The largest absolute Gasteiger partial charge is 0.0613 e. The van der Waals surface area contributed by atoms with Gasteiger partial charge in [0.2, 0.25) is 0 Å². The minimum absolute atomic E-state index is 0.877. The highest BCUT2D eigenvalue weighted by Crippen LogP contribution is 2.48. The zero-order chi connectivity index (χ0) is 7.97. The second-order valence-electron chi connectivity index (χ2n) is 4.09. The third-order valence-electron chi connectivity index (χ3n) is 2.92. The zero-order valence-corrected chi connectivity index (χ0v) is 7.22. The molecule has 2 fully saturated rings. The fourth-order valence-corrected chi connectivity index (χ4v) is 1.94. The molecule has 1 radical (unpaired) electrons. The van der Waals surface area contributed by atoms with E-state index in [1.807, 2.05) is 0 Å². The standard InChI is InChI=1S/C12H13/c1-2-4-12(10-7-8-10)11(3-1)9-5-6-9/h1-3,9-10H,5-8H2. The van der Waals surface area contributed by atoms with Gasteiger partial charge in [-0.05, 0) is 54.7 Å². The summed E-state index contributed by atoms with van der Waals surface area (Å²) in [7, 11) is 0. The number of benzene rings is 1. The normalized spacial score (nSPS) is 22.7. The van der Waals surface area contributed by atoms with Crippen LogP contribution in [0, 0.1) is 6.07 Å². The molecule has 2 aliphatic rings. The lowest BCUT2D eigenvalue weighted by atomic mass is 10.00. The van der Waals surface area contributed by atoms with Gasteiger partial charge in [0.15, 0.2) is 0 Å². The third kappa shape index (κ3) is 1.06. The fraction of sp³-hybridized carbons (Fsp3) is 0.500. The van der Waals surface area contributed by atoms with Crippen LogP contribution in [0.4, 0.5) is 0 Å². The summed E-state index contributed by atoms with van der Waals surface area (Å²) in [6.07, 6.45) is 5.63. The van der Waals surface area contributed by atoms with Crippen molar-refractivity contribution in [2.45, 2.75) is 37.5 Å². The van der Waals surface area contributed by atoms with Gasteiger partial charge in [0.05, 0.1) is 0 Å². The van der Waals surface area contributed by atoms with E-state index < -0.39 is 0 Å². The van der Waals surface area contributed by atoms with Crippen molar-refractivity contribution in [2.24, 2.45) is 0 Å². The second kappa shape index (κ2) is 2.35. The Morgan fingerprint density at radius 3 is 2.50 bits per heavy atom. The first kappa shape index (κ1) is 6.71. The van der Waals surface area contributed by atoms with E-state index in [1.165, 1.54) is 25.7 Å². The molecule has 1 aromatic rings. The maximum absolute atomic E-state index is 3.42. The van der Waals surface area contributed by atoms with E-state index in [0.717, 1.165) is 11.8 Å². The molecule has 3 rings (SSSR count). The topological polar surface area (TPSA) is 0 Å². The molecule has 2 aliphatic carbocycles. The van der Waals surface area contributed by atoms with Crippen molar-refractivity contribution < 1.29 is 0 Å². The van der Waals surface area contributed by atoms with Crippen LogP contribution in [-0.4, -0.2) is 0 Å². The average molecular weight is 157 g/mol. The van der Waals surface area contributed by atoms with Crippen molar-refractivity contribution in [1.82, 2.24) is 0 Å². The van der Waals surface area contributed by atoms with Crippen LogP contribution >= 0.6 is 0 Å². The molecule has 0 unspecified atom stereocenters. The van der Waals surface area contributed by atoms with Gasteiger partial charge in [-0.3, -0.25) is 0 Å². The molecule has 0 amide bonds. The molecule has 2 saturated carbocycles. The molecular weight excluding hydrogens is 144 g/mol. The van der Waals surface area contributed by atoms with Crippen LogP contribution in [0.1, 0.15) is 48.6 Å². The third-order valence-corrected chi connectivity index (χ3v) is 2.92. The summed E-state index contributed by atoms with van der Waals surface area (Å²) in [6.45, 7) is 0. The van der Waals surface area contributed by atoms with E-state index in [1.54, 1.807) is 11.1 Å². The predicted octanol–water partition coefficient (Wildman–Crippen LogP) is 3.24. The van der Waals surface area contributed by atoms with Gasteiger partial charge in [-0.15, -0.1) is 0 Å². The molecule has 0 aromatic heterocycles. The molecule has 0 bridgehead atoms. The smallest absolute Gasteiger partial charge is 0.0143 e. The minimum Gasteiger partial charge on any atom is -0.0613 e. The monoisotopic (exact) mass is 157 g/mol. The Kier molecular flexibility index (Phi) is 1.31. The van der Waals surface area contributed by atoms with Crippen LogP contribution in [-0.2, 0) is 0 Å². The summed E-state index contributed by atoms with van der Waals surface area (Å²) in [5.74, 6) is 1.78. The Morgan fingerprint density at radius 2 is 1.83 bits per heavy atom. The lowest BCUT2D eigenvalue weighted by Crippen LogP contribution is -1.88. The van der Waals surface area contributed by atoms with Crippen molar-refractivity contribution in [1.29, 1.82) is 0 Å². The quantitative estimate of drug-likeness (QED) is 0.618. The SMILES string of the molecule is [c]1cccc(C2CC2)c1C1CC1. The first-order valence-corrected chi connectivity index (χ1v) is 4.95. The predicted molar refractivity (Wildman–Crippen MR) is 49.2 cm³/mol. The molecule has 0 aliphatic heterocycles. The molecular formula is C12H13. The van der Waals surface area contributed by atoms with Gasteiger partial charge in [-0.2, -0.15) is 0 Å². The van der Waals surface area contributed by atoms with Crippen molar-refractivity contribution in [3.8, 4) is 0 Å². The van der Waals surface area contributed by atoms with E-state index in [4.69, 9.17) is 0 Å². The van der Waals surface area contributed by atoms with Crippen LogP contribution in [0.5, 0.6) is 0 Å². The highest BCUT2D eigenvalue weighted by atomic mass is 14.4. The van der Waals surface area contributed by atoms with Gasteiger partial charge in [0, 0.05) is 0 Å². The Bertz CT molecular complexity index is 262. The molecule has 0 spiro atoms. The van der Waals surface area contributed by atoms with E-state index in [9.17, 15) is 0 Å². The Morgan fingerprint density at radius 1 is 1.08 bits per heavy atom. The average Bonchev–Trinajstić information content (AvgIpc) is 2.99. The van der Waals surface area contributed by atoms with Crippen molar-refractivity contribution >= 4 is 0 Å². The summed E-state index contributed by atoms with van der Waals surface area (Å²) < 4.78 is 0. The molecule has 0 heterocycles. The maximum atomic E-state index is 3.42. The highest BCUT2D eigenvalue weighted by molar-refractivity contribution is 5.37. The lowest BCUT2D eigenvalue weighted by molar-refractivity contribution is 1.02. The van der Waals surface area contributed by atoms with Gasteiger partial charge >= 0.3 is 0 Å². The molecule has 1 aromatic carbocycles. The van der Waals surface area contributed by atoms with Crippen molar-refractivity contribution in [2.75, 3.05) is 0 Å². The molecule has 0 saturated heterocycles. The van der Waals surface area contributed by atoms with Crippen LogP contribution in [0.15, 0.2) is 18.2 Å². The fourth-order valence-electron chi connectivity index (χ4n) is 1.94. The first-order valence-electron chi connectivity index (χ1n) is 4.95. The molecule has 0 nitrogen and oxygen atoms in total. The summed E-state index contributed by atoms with van der Waals surface area (Å²) in [5.41, 5.74) is 3.15. The van der Waals surface area contributed by atoms with Crippen LogP contribution < -0.4 is 0 Å². The number of hydrogen-bond acceptors (Lipinski definition) is 0. The van der Waals surface area contributed by atoms with E-state index >= 15 is 0 Å². The molecule has 0 atom stereocenters. The summed E-state index contributed by atoms with van der Waals surface area (Å²) in [4.78, 5) is 0. The summed E-state index contributed by atoms with van der Waals surface area (Å²) in [5, 5.41) is 0. The van der Waals surface area contributed by atoms with E-state index in [0.29, 0.717) is 0 Å². The Balaban J connectivity index is 2.02. The van der Waals surface area contributed by atoms with Gasteiger partial charge in [0.25, 0.3) is 0 Å². The Hall–Kier alpha value is -0.780. The van der Waals surface area contributed by atoms with Crippen molar-refractivity contribution in [3.05, 3.63) is 35.4 Å². The van der Waals surface area contributed by atoms with Gasteiger partial charge in [-0.25, -0.2) is 0 Å². The zero-order valence-electron chi connectivity index (χ0n) is 7.22. The van der Waals surface area contributed by atoms with Crippen molar-refractivity contribution in [3.63, 3.8) is 0 Å². The Labute approximate surface area is 73.6 Å². The molecule has 12 heavy (non-hydrogen) atoms. The highest BCUT2D eigenvalue weighted by Gasteiger charge is 2.32. The molecule has 61 valence electrons. The van der Waals surface area contributed by atoms with Gasteiger partial charge in [-0.1, -0.05) is 18.2 Å². The van der Waals surface area contributed by atoms with Gasteiger partial charge < -0.3 is 0 Å². The summed E-state index contributed by atoms with van der Waals surface area (Å²) >= 11 is 0. The number of rotatable bonds is 2. The van der Waals surface area contributed by atoms with Crippen LogP contribution in [0.25, 0.3) is 0 Å². The number of hydrogen-bond donors (Lipinski definition) is 0.